The molecule has 0 saturated carbocycles. The lowest BCUT2D eigenvalue weighted by molar-refractivity contribution is -0.143. The number of carbonyl (C=O) groups excluding carboxylic acids is 1. The number of carboxylic acids is 1. The average molecular weight is 405 g/mol. The molecule has 0 saturated heterocycles. The van der Waals surface area contributed by atoms with Crippen molar-refractivity contribution in [1.29, 1.82) is 0 Å². The minimum absolute atomic E-state index is 0.0476. The smallest absolute Gasteiger partial charge is 0.308 e. The SMILES string of the molecule is CC(C)C(CNC(=O)Cc1cccc(OCc2cccc3ccccc23)c1)C(=O)O. The van der Waals surface area contributed by atoms with Crippen LogP contribution >= 0.6 is 0 Å². The standard InChI is InChI=1S/C25H27NO4/c1-17(2)23(25(28)29)15-26-24(27)14-18-7-5-11-21(13-18)30-16-20-10-6-9-19-8-3-4-12-22(19)20/h3-13,17,23H,14-16H2,1-2H3,(H,26,27)(H,28,29). The summed E-state index contributed by atoms with van der Waals surface area (Å²) in [6.45, 7) is 4.23. The van der Waals surface area contributed by atoms with Gasteiger partial charge in [-0.05, 0) is 39.9 Å². The zero-order valence-electron chi connectivity index (χ0n) is 17.3. The van der Waals surface area contributed by atoms with Crippen LogP contribution in [0.3, 0.4) is 0 Å². The van der Waals surface area contributed by atoms with E-state index in [2.05, 4.69) is 23.5 Å². The number of amides is 1. The molecule has 0 heterocycles. The Bertz CT molecular complexity index is 1020. The number of rotatable bonds is 9. The van der Waals surface area contributed by atoms with Crippen LogP contribution in [0.15, 0.2) is 66.7 Å². The summed E-state index contributed by atoms with van der Waals surface area (Å²) < 4.78 is 5.97. The van der Waals surface area contributed by atoms with Crippen LogP contribution in [0.25, 0.3) is 10.8 Å². The van der Waals surface area contributed by atoms with E-state index in [0.29, 0.717) is 12.4 Å². The van der Waals surface area contributed by atoms with Gasteiger partial charge in [0.05, 0.1) is 12.3 Å². The summed E-state index contributed by atoms with van der Waals surface area (Å²) in [5, 5.41) is 14.3. The molecule has 156 valence electrons. The lowest BCUT2D eigenvalue weighted by Gasteiger charge is -2.16. The number of aliphatic carboxylic acids is 1. The minimum Gasteiger partial charge on any atom is -0.489 e. The van der Waals surface area contributed by atoms with Crippen LogP contribution in [-0.2, 0) is 22.6 Å². The monoisotopic (exact) mass is 405 g/mol. The van der Waals surface area contributed by atoms with Crippen molar-refractivity contribution in [1.82, 2.24) is 5.32 Å². The molecule has 3 rings (SSSR count). The molecule has 2 N–H and O–H groups in total. The first kappa shape index (κ1) is 21.4. The van der Waals surface area contributed by atoms with Crippen LogP contribution in [0, 0.1) is 11.8 Å². The van der Waals surface area contributed by atoms with Crippen molar-refractivity contribution >= 4 is 22.6 Å². The molecule has 0 aliphatic heterocycles. The number of carboxylic acid groups (broad SMARTS) is 1. The molecule has 0 aromatic heterocycles. The molecule has 0 fully saturated rings. The fraction of sp³-hybridized carbons (Fsp3) is 0.280. The molecular formula is C25H27NO4. The predicted molar refractivity (Wildman–Crippen MR) is 117 cm³/mol. The van der Waals surface area contributed by atoms with Gasteiger partial charge in [-0.3, -0.25) is 9.59 Å². The fourth-order valence-corrected chi connectivity index (χ4v) is 3.40. The maximum atomic E-state index is 12.3. The first-order valence-corrected chi connectivity index (χ1v) is 10.1. The van der Waals surface area contributed by atoms with Gasteiger partial charge >= 0.3 is 5.97 Å². The summed E-state index contributed by atoms with van der Waals surface area (Å²) in [6.07, 6.45) is 0.176. The second kappa shape index (κ2) is 9.92. The van der Waals surface area contributed by atoms with E-state index in [1.807, 2.05) is 62.4 Å². The summed E-state index contributed by atoms with van der Waals surface area (Å²) in [5.74, 6) is -1.04. The number of carbonyl (C=O) groups is 2. The summed E-state index contributed by atoms with van der Waals surface area (Å²) in [4.78, 5) is 23.5. The molecule has 0 bridgehead atoms. The normalized spacial score (nSPS) is 12.0. The van der Waals surface area contributed by atoms with E-state index >= 15 is 0 Å². The van der Waals surface area contributed by atoms with Crippen LogP contribution in [0.2, 0.25) is 0 Å². The molecule has 0 aliphatic carbocycles. The van der Waals surface area contributed by atoms with E-state index in [1.54, 1.807) is 0 Å². The molecule has 1 unspecified atom stereocenters. The number of hydrogen-bond acceptors (Lipinski definition) is 3. The Balaban J connectivity index is 1.59. The zero-order chi connectivity index (χ0) is 21.5. The number of ether oxygens (including phenoxy) is 1. The Morgan fingerprint density at radius 3 is 2.50 bits per heavy atom. The molecule has 3 aromatic rings. The Hall–Kier alpha value is -3.34. The molecule has 1 amide bonds. The maximum absolute atomic E-state index is 12.3. The van der Waals surface area contributed by atoms with Gasteiger partial charge in [-0.25, -0.2) is 0 Å². The molecule has 0 radical (unpaired) electrons. The van der Waals surface area contributed by atoms with Gasteiger partial charge in [0.25, 0.3) is 0 Å². The average Bonchev–Trinajstić information content (AvgIpc) is 2.72. The topological polar surface area (TPSA) is 75.6 Å². The van der Waals surface area contributed by atoms with Gasteiger partial charge in [0, 0.05) is 6.54 Å². The summed E-state index contributed by atoms with van der Waals surface area (Å²) in [7, 11) is 0. The Labute approximate surface area is 176 Å². The molecule has 30 heavy (non-hydrogen) atoms. The number of benzene rings is 3. The quantitative estimate of drug-likeness (QED) is 0.552. The second-order valence-corrected chi connectivity index (χ2v) is 7.74. The van der Waals surface area contributed by atoms with Gasteiger partial charge in [-0.15, -0.1) is 0 Å². The third-order valence-corrected chi connectivity index (χ3v) is 5.18. The molecule has 5 heteroatoms. The second-order valence-electron chi connectivity index (χ2n) is 7.74. The van der Waals surface area contributed by atoms with E-state index in [0.717, 1.165) is 16.5 Å². The molecule has 1 atom stereocenters. The van der Waals surface area contributed by atoms with E-state index in [-0.39, 0.29) is 24.8 Å². The van der Waals surface area contributed by atoms with Crippen LogP contribution < -0.4 is 10.1 Å². The summed E-state index contributed by atoms with van der Waals surface area (Å²) >= 11 is 0. The summed E-state index contributed by atoms with van der Waals surface area (Å²) in [5.41, 5.74) is 1.92. The van der Waals surface area contributed by atoms with Crippen molar-refractivity contribution in [2.45, 2.75) is 26.9 Å². The van der Waals surface area contributed by atoms with Gasteiger partial charge in [0.15, 0.2) is 0 Å². The Morgan fingerprint density at radius 1 is 1.00 bits per heavy atom. The van der Waals surface area contributed by atoms with E-state index in [1.165, 1.54) is 5.39 Å². The van der Waals surface area contributed by atoms with Crippen molar-refractivity contribution in [2.75, 3.05) is 6.54 Å². The largest absolute Gasteiger partial charge is 0.489 e. The molecule has 0 aliphatic rings. The highest BCUT2D eigenvalue weighted by Gasteiger charge is 2.21. The Kier molecular flexibility index (Phi) is 7.07. The lowest BCUT2D eigenvalue weighted by Crippen LogP contribution is -2.36. The van der Waals surface area contributed by atoms with Crippen LogP contribution in [-0.4, -0.2) is 23.5 Å². The Morgan fingerprint density at radius 2 is 1.73 bits per heavy atom. The van der Waals surface area contributed by atoms with Crippen LogP contribution in [0.5, 0.6) is 5.75 Å². The highest BCUT2D eigenvalue weighted by atomic mass is 16.5. The molecule has 0 spiro atoms. The molecule has 5 nitrogen and oxygen atoms in total. The predicted octanol–water partition coefficient (Wildman–Crippen LogP) is 4.43. The van der Waals surface area contributed by atoms with Gasteiger partial charge < -0.3 is 15.2 Å². The lowest BCUT2D eigenvalue weighted by atomic mass is 9.96. The van der Waals surface area contributed by atoms with Crippen molar-refractivity contribution in [2.24, 2.45) is 11.8 Å². The van der Waals surface area contributed by atoms with E-state index < -0.39 is 11.9 Å². The highest BCUT2D eigenvalue weighted by molar-refractivity contribution is 5.85. The van der Waals surface area contributed by atoms with Crippen LogP contribution in [0.4, 0.5) is 0 Å². The van der Waals surface area contributed by atoms with Gasteiger partial charge in [0.2, 0.25) is 5.91 Å². The van der Waals surface area contributed by atoms with Crippen molar-refractivity contribution in [3.05, 3.63) is 77.9 Å². The van der Waals surface area contributed by atoms with Gasteiger partial charge in [-0.1, -0.05) is 68.4 Å². The van der Waals surface area contributed by atoms with E-state index in [9.17, 15) is 14.7 Å². The molecule has 3 aromatic carbocycles. The van der Waals surface area contributed by atoms with Crippen LogP contribution in [0.1, 0.15) is 25.0 Å². The fourth-order valence-electron chi connectivity index (χ4n) is 3.40. The summed E-state index contributed by atoms with van der Waals surface area (Å²) in [6, 6.07) is 21.8. The first-order valence-electron chi connectivity index (χ1n) is 10.1. The van der Waals surface area contributed by atoms with Gasteiger partial charge in [0.1, 0.15) is 12.4 Å². The number of hydrogen-bond donors (Lipinski definition) is 2. The highest BCUT2D eigenvalue weighted by Crippen LogP contribution is 2.21. The maximum Gasteiger partial charge on any atom is 0.308 e. The van der Waals surface area contributed by atoms with E-state index in [4.69, 9.17) is 4.74 Å². The third-order valence-electron chi connectivity index (χ3n) is 5.18. The zero-order valence-corrected chi connectivity index (χ0v) is 17.3. The number of nitrogens with one attached hydrogen (secondary N) is 1. The van der Waals surface area contributed by atoms with Gasteiger partial charge in [-0.2, -0.15) is 0 Å². The first-order chi connectivity index (χ1) is 14.4. The minimum atomic E-state index is -0.894. The van der Waals surface area contributed by atoms with Crippen molar-refractivity contribution in [3.8, 4) is 5.75 Å². The van der Waals surface area contributed by atoms with Crippen molar-refractivity contribution in [3.63, 3.8) is 0 Å². The molecular weight excluding hydrogens is 378 g/mol. The number of fused-ring (bicyclic) bond motifs is 1. The van der Waals surface area contributed by atoms with Crippen molar-refractivity contribution < 1.29 is 19.4 Å². The third kappa shape index (κ3) is 5.60.